The number of aromatic nitrogens is 3. The van der Waals surface area contributed by atoms with E-state index >= 15 is 0 Å². The highest BCUT2D eigenvalue weighted by Crippen LogP contribution is 2.22. The second-order valence-corrected chi connectivity index (χ2v) is 5.88. The van der Waals surface area contributed by atoms with Crippen molar-refractivity contribution in [2.24, 2.45) is 7.05 Å². The van der Waals surface area contributed by atoms with Crippen LogP contribution in [0.1, 0.15) is 53.1 Å². The summed E-state index contributed by atoms with van der Waals surface area (Å²) < 4.78 is 6.67. The second kappa shape index (κ2) is 5.08. The third kappa shape index (κ3) is 2.22. The van der Waals surface area contributed by atoms with E-state index < -0.39 is 0 Å². The van der Waals surface area contributed by atoms with Gasteiger partial charge in [-0.25, -0.2) is 4.98 Å². The third-order valence-corrected chi connectivity index (χ3v) is 3.99. The maximum absolute atomic E-state index is 12.5. The molecule has 2 aromatic rings. The molecule has 0 aliphatic carbocycles. The summed E-state index contributed by atoms with van der Waals surface area (Å²) >= 11 is 0. The Kier molecular flexibility index (Phi) is 3.35. The van der Waals surface area contributed by atoms with Crippen LogP contribution >= 0.6 is 0 Å². The Morgan fingerprint density at radius 3 is 2.73 bits per heavy atom. The zero-order valence-corrected chi connectivity index (χ0v) is 13.1. The number of carbonyl (C=O) groups excluding carboxylic acids is 1. The van der Waals surface area contributed by atoms with Crippen LogP contribution in [-0.4, -0.2) is 25.5 Å². The van der Waals surface area contributed by atoms with Gasteiger partial charge in [-0.05, 0) is 6.92 Å². The Hall–Kier alpha value is -2.44. The van der Waals surface area contributed by atoms with E-state index in [1.165, 1.54) is 4.57 Å². The second-order valence-electron chi connectivity index (χ2n) is 5.88. The predicted molar refractivity (Wildman–Crippen MR) is 78.4 cm³/mol. The summed E-state index contributed by atoms with van der Waals surface area (Å²) in [7, 11) is 1.68. The average molecular weight is 302 g/mol. The van der Waals surface area contributed by atoms with Crippen LogP contribution in [0.3, 0.4) is 0 Å². The highest BCUT2D eigenvalue weighted by molar-refractivity contribution is 5.92. The van der Waals surface area contributed by atoms with E-state index in [1.54, 1.807) is 24.9 Å². The molecule has 1 aliphatic heterocycles. The molecule has 1 aliphatic rings. The Morgan fingerprint density at radius 2 is 2.09 bits per heavy atom. The molecule has 7 heteroatoms. The summed E-state index contributed by atoms with van der Waals surface area (Å²) in [5, 5.41) is 3.83. The predicted octanol–water partition coefficient (Wildman–Crippen LogP) is 1.36. The van der Waals surface area contributed by atoms with Crippen LogP contribution in [0.25, 0.3) is 0 Å². The maximum Gasteiger partial charge on any atom is 0.276 e. The summed E-state index contributed by atoms with van der Waals surface area (Å²) in [4.78, 5) is 30.7. The smallest absolute Gasteiger partial charge is 0.276 e. The number of nitrogens with zero attached hydrogens (tertiary/aromatic N) is 4. The van der Waals surface area contributed by atoms with Crippen LogP contribution in [0.5, 0.6) is 0 Å². The molecule has 0 spiro atoms. The monoisotopic (exact) mass is 302 g/mol. The van der Waals surface area contributed by atoms with Crippen LogP contribution in [0.2, 0.25) is 0 Å². The molecule has 0 fully saturated rings. The molecule has 116 valence electrons. The van der Waals surface area contributed by atoms with E-state index in [2.05, 4.69) is 10.1 Å². The molecule has 0 saturated heterocycles. The zero-order chi connectivity index (χ0) is 16.0. The van der Waals surface area contributed by atoms with Gasteiger partial charge in [-0.2, -0.15) is 0 Å². The summed E-state index contributed by atoms with van der Waals surface area (Å²) in [5.74, 6) is 1.24. The highest BCUT2D eigenvalue weighted by Gasteiger charge is 2.30. The molecule has 0 atom stereocenters. The van der Waals surface area contributed by atoms with Gasteiger partial charge in [0.2, 0.25) is 0 Å². The topological polar surface area (TPSA) is 81.2 Å². The molecule has 0 aromatic carbocycles. The molecule has 22 heavy (non-hydrogen) atoms. The van der Waals surface area contributed by atoms with Crippen LogP contribution in [0.4, 0.5) is 0 Å². The lowest BCUT2D eigenvalue weighted by molar-refractivity contribution is 0.0739. The molecule has 3 heterocycles. The van der Waals surface area contributed by atoms with Crippen molar-refractivity contribution in [1.82, 2.24) is 19.6 Å². The van der Waals surface area contributed by atoms with E-state index in [0.29, 0.717) is 29.4 Å². The van der Waals surface area contributed by atoms with Crippen molar-refractivity contribution < 1.29 is 9.32 Å². The fraction of sp³-hybridized carbons (Fsp3) is 0.467. The minimum absolute atomic E-state index is 0.0965. The fourth-order valence-corrected chi connectivity index (χ4v) is 2.50. The van der Waals surface area contributed by atoms with Gasteiger partial charge in [-0.15, -0.1) is 0 Å². The first kappa shape index (κ1) is 14.5. The number of amides is 1. The first-order valence-electron chi connectivity index (χ1n) is 7.19. The standard InChI is InChI=1S/C15H18N4O3/c1-8(2)13-5-11(17-22-13)15(21)19-6-10-12(7-19)16-9(3)18(4)14(10)20/h5,8H,6-7H2,1-4H3. The van der Waals surface area contributed by atoms with Crippen molar-refractivity contribution >= 4 is 5.91 Å². The molecule has 3 rings (SSSR count). The molecule has 0 bridgehead atoms. The number of carbonyl (C=O) groups is 1. The van der Waals surface area contributed by atoms with Gasteiger partial charge in [-0.3, -0.25) is 14.2 Å². The summed E-state index contributed by atoms with van der Waals surface area (Å²) in [5.41, 5.74) is 1.42. The van der Waals surface area contributed by atoms with Crippen molar-refractivity contribution in [2.45, 2.75) is 39.8 Å². The van der Waals surface area contributed by atoms with Gasteiger partial charge >= 0.3 is 0 Å². The van der Waals surface area contributed by atoms with Gasteiger partial charge in [0.15, 0.2) is 5.69 Å². The molecule has 0 radical (unpaired) electrons. The van der Waals surface area contributed by atoms with Crippen molar-refractivity contribution in [2.75, 3.05) is 0 Å². The van der Waals surface area contributed by atoms with Gasteiger partial charge in [0.25, 0.3) is 11.5 Å². The maximum atomic E-state index is 12.5. The van der Waals surface area contributed by atoms with E-state index in [0.717, 1.165) is 0 Å². The highest BCUT2D eigenvalue weighted by atomic mass is 16.5. The summed E-state index contributed by atoms with van der Waals surface area (Å²) in [6.07, 6.45) is 0. The molecule has 0 unspecified atom stereocenters. The van der Waals surface area contributed by atoms with E-state index in [-0.39, 0.29) is 29.6 Å². The molecule has 2 aromatic heterocycles. The van der Waals surface area contributed by atoms with E-state index in [1.807, 2.05) is 13.8 Å². The van der Waals surface area contributed by atoms with Crippen molar-refractivity contribution in [3.8, 4) is 0 Å². The van der Waals surface area contributed by atoms with Crippen molar-refractivity contribution in [3.63, 3.8) is 0 Å². The lowest BCUT2D eigenvalue weighted by Gasteiger charge is -2.12. The SMILES string of the molecule is Cc1nc2c(c(=O)n1C)CN(C(=O)c1cc(C(C)C)on1)C2. The Bertz CT molecular complexity index is 804. The molecular weight excluding hydrogens is 284 g/mol. The van der Waals surface area contributed by atoms with Crippen LogP contribution in [0.15, 0.2) is 15.4 Å². The lowest BCUT2D eigenvalue weighted by atomic mass is 10.1. The van der Waals surface area contributed by atoms with Gasteiger partial charge in [0.1, 0.15) is 11.6 Å². The minimum atomic E-state index is -0.242. The average Bonchev–Trinajstić information content (AvgIpc) is 3.11. The first-order chi connectivity index (χ1) is 10.4. The Balaban J connectivity index is 1.88. The van der Waals surface area contributed by atoms with Gasteiger partial charge < -0.3 is 9.42 Å². The van der Waals surface area contributed by atoms with Gasteiger partial charge in [0.05, 0.1) is 24.3 Å². The summed E-state index contributed by atoms with van der Waals surface area (Å²) in [6.45, 7) is 6.30. The largest absolute Gasteiger partial charge is 0.360 e. The normalized spacial score (nSPS) is 13.8. The van der Waals surface area contributed by atoms with Crippen molar-refractivity contribution in [3.05, 3.63) is 45.0 Å². The quantitative estimate of drug-likeness (QED) is 0.836. The lowest BCUT2D eigenvalue weighted by Crippen LogP contribution is -2.27. The molecule has 1 amide bonds. The van der Waals surface area contributed by atoms with Crippen molar-refractivity contribution in [1.29, 1.82) is 0 Å². The van der Waals surface area contributed by atoms with E-state index in [9.17, 15) is 9.59 Å². The Labute approximate surface area is 127 Å². The molecule has 0 saturated carbocycles. The number of fused-ring (bicyclic) bond motifs is 1. The molecule has 7 nitrogen and oxygen atoms in total. The Morgan fingerprint density at radius 1 is 1.36 bits per heavy atom. The first-order valence-corrected chi connectivity index (χ1v) is 7.19. The third-order valence-electron chi connectivity index (χ3n) is 3.99. The van der Waals surface area contributed by atoms with Crippen LogP contribution < -0.4 is 5.56 Å². The number of rotatable bonds is 2. The molecular formula is C15H18N4O3. The fourth-order valence-electron chi connectivity index (χ4n) is 2.50. The number of hydrogen-bond donors (Lipinski definition) is 0. The van der Waals surface area contributed by atoms with Gasteiger partial charge in [0, 0.05) is 19.0 Å². The van der Waals surface area contributed by atoms with Crippen LogP contribution in [-0.2, 0) is 20.1 Å². The van der Waals surface area contributed by atoms with Crippen LogP contribution in [0, 0.1) is 6.92 Å². The summed E-state index contributed by atoms with van der Waals surface area (Å²) in [6, 6.07) is 1.66. The minimum Gasteiger partial charge on any atom is -0.360 e. The van der Waals surface area contributed by atoms with Gasteiger partial charge in [-0.1, -0.05) is 19.0 Å². The zero-order valence-electron chi connectivity index (χ0n) is 13.1. The molecule has 0 N–H and O–H groups in total. The number of aryl methyl sites for hydroxylation is 1. The van der Waals surface area contributed by atoms with E-state index in [4.69, 9.17) is 4.52 Å². The number of hydrogen-bond acceptors (Lipinski definition) is 5.